The molecule has 0 bridgehead atoms. The molecule has 1 aromatic heterocycles. The van der Waals surface area contributed by atoms with Crippen LogP contribution < -0.4 is 10.3 Å². The standard InChI is InChI=1S/C24H29FN2O4/c1-4-17(2)16-26-11-9-20-23(24(29)30-3)21(15-22(28)27(20)13-12-26)31-14-10-18-7-5-6-8-19(18)25/h4-8,15H,9-14,16H2,1-3H3/b17-4+. The van der Waals surface area contributed by atoms with Crippen LogP contribution in [0.2, 0.25) is 0 Å². The first-order chi connectivity index (χ1) is 14.9. The SMILES string of the molecule is C/C=C(\C)CN1CCc2c(C(=O)OC)c(OCCc3ccccc3F)cc(=O)n2CC1. The Morgan fingerprint density at radius 2 is 2.00 bits per heavy atom. The Bertz CT molecular complexity index is 1030. The molecule has 0 atom stereocenters. The topological polar surface area (TPSA) is 60.8 Å². The first kappa shape index (κ1) is 22.7. The van der Waals surface area contributed by atoms with Gasteiger partial charge in [0.25, 0.3) is 5.56 Å². The Morgan fingerprint density at radius 1 is 1.23 bits per heavy atom. The molecule has 7 heteroatoms. The zero-order valence-corrected chi connectivity index (χ0v) is 18.3. The van der Waals surface area contributed by atoms with Gasteiger partial charge in [-0.15, -0.1) is 0 Å². The van der Waals surface area contributed by atoms with Crippen LogP contribution >= 0.6 is 0 Å². The molecule has 0 amide bonds. The van der Waals surface area contributed by atoms with E-state index in [0.717, 1.165) is 6.54 Å². The number of hydrogen-bond acceptors (Lipinski definition) is 5. The first-order valence-corrected chi connectivity index (χ1v) is 10.5. The lowest BCUT2D eigenvalue weighted by molar-refractivity contribution is 0.0593. The molecule has 2 heterocycles. The van der Waals surface area contributed by atoms with Crippen molar-refractivity contribution in [1.29, 1.82) is 0 Å². The second-order valence-electron chi connectivity index (χ2n) is 7.66. The molecule has 0 saturated heterocycles. The van der Waals surface area contributed by atoms with Crippen molar-refractivity contribution in [2.24, 2.45) is 0 Å². The van der Waals surface area contributed by atoms with E-state index in [1.54, 1.807) is 22.8 Å². The number of methoxy groups -OCH3 is 1. The van der Waals surface area contributed by atoms with E-state index >= 15 is 0 Å². The van der Waals surface area contributed by atoms with Crippen molar-refractivity contribution in [2.45, 2.75) is 33.2 Å². The van der Waals surface area contributed by atoms with Crippen LogP contribution in [0.1, 0.15) is 35.5 Å². The van der Waals surface area contributed by atoms with Crippen molar-refractivity contribution < 1.29 is 18.7 Å². The van der Waals surface area contributed by atoms with Gasteiger partial charge in [-0.25, -0.2) is 9.18 Å². The molecule has 0 saturated carbocycles. The Kier molecular flexibility index (Phi) is 7.63. The number of fused-ring (bicyclic) bond motifs is 1. The van der Waals surface area contributed by atoms with E-state index in [2.05, 4.69) is 17.9 Å². The van der Waals surface area contributed by atoms with Crippen LogP contribution in [0, 0.1) is 5.82 Å². The highest BCUT2D eigenvalue weighted by Gasteiger charge is 2.26. The Balaban J connectivity index is 1.86. The summed E-state index contributed by atoms with van der Waals surface area (Å²) in [7, 11) is 1.31. The zero-order valence-electron chi connectivity index (χ0n) is 18.3. The number of pyridine rings is 1. The third kappa shape index (κ3) is 5.41. The number of esters is 1. The number of hydrogen-bond donors (Lipinski definition) is 0. The van der Waals surface area contributed by atoms with E-state index in [1.807, 2.05) is 6.92 Å². The highest BCUT2D eigenvalue weighted by molar-refractivity contribution is 5.93. The summed E-state index contributed by atoms with van der Waals surface area (Å²) >= 11 is 0. The lowest BCUT2D eigenvalue weighted by atomic mass is 10.1. The fourth-order valence-corrected chi connectivity index (χ4v) is 3.80. The molecule has 31 heavy (non-hydrogen) atoms. The molecule has 2 aromatic rings. The smallest absolute Gasteiger partial charge is 0.343 e. The molecular formula is C24H29FN2O4. The Morgan fingerprint density at radius 3 is 2.71 bits per heavy atom. The molecule has 6 nitrogen and oxygen atoms in total. The number of carbonyl (C=O) groups excluding carboxylic acids is 1. The van der Waals surface area contributed by atoms with E-state index in [1.165, 1.54) is 24.8 Å². The largest absolute Gasteiger partial charge is 0.492 e. The maximum absolute atomic E-state index is 13.9. The van der Waals surface area contributed by atoms with Crippen LogP contribution in [0.25, 0.3) is 0 Å². The predicted octanol–water partition coefficient (Wildman–Crippen LogP) is 3.22. The number of nitrogens with zero attached hydrogens (tertiary/aromatic N) is 2. The molecule has 1 aliphatic rings. The van der Waals surface area contributed by atoms with Crippen molar-refractivity contribution in [1.82, 2.24) is 9.47 Å². The van der Waals surface area contributed by atoms with E-state index in [9.17, 15) is 14.0 Å². The summed E-state index contributed by atoms with van der Waals surface area (Å²) in [4.78, 5) is 27.7. The number of aromatic nitrogens is 1. The molecule has 0 fully saturated rings. The molecule has 1 aliphatic heterocycles. The third-order valence-electron chi connectivity index (χ3n) is 5.63. The van der Waals surface area contributed by atoms with Crippen LogP contribution in [0.3, 0.4) is 0 Å². The second-order valence-corrected chi connectivity index (χ2v) is 7.66. The minimum absolute atomic E-state index is 0.139. The zero-order chi connectivity index (χ0) is 22.4. The van der Waals surface area contributed by atoms with Gasteiger partial charge in [0.15, 0.2) is 0 Å². The van der Waals surface area contributed by atoms with E-state index in [4.69, 9.17) is 9.47 Å². The van der Waals surface area contributed by atoms with E-state index < -0.39 is 5.97 Å². The Labute approximate surface area is 181 Å². The quantitative estimate of drug-likeness (QED) is 0.501. The van der Waals surface area contributed by atoms with Crippen molar-refractivity contribution in [3.63, 3.8) is 0 Å². The van der Waals surface area contributed by atoms with Gasteiger partial charge >= 0.3 is 5.97 Å². The molecule has 1 aromatic carbocycles. The van der Waals surface area contributed by atoms with E-state index in [-0.39, 0.29) is 29.3 Å². The summed E-state index contributed by atoms with van der Waals surface area (Å²) in [5.74, 6) is -0.655. The van der Waals surface area contributed by atoms with Gasteiger partial charge in [0, 0.05) is 50.8 Å². The lowest BCUT2D eigenvalue weighted by Crippen LogP contribution is -2.30. The Hall–Kier alpha value is -2.93. The van der Waals surface area contributed by atoms with Gasteiger partial charge in [0.05, 0.1) is 13.7 Å². The number of allylic oxidation sites excluding steroid dienone is 1. The van der Waals surface area contributed by atoms with Crippen LogP contribution in [0.15, 0.2) is 46.8 Å². The summed E-state index contributed by atoms with van der Waals surface area (Å²) in [5.41, 5.74) is 2.46. The number of halogens is 1. The molecule has 0 aliphatic carbocycles. The second kappa shape index (κ2) is 10.4. The van der Waals surface area contributed by atoms with Crippen molar-refractivity contribution in [3.8, 4) is 5.75 Å². The van der Waals surface area contributed by atoms with Crippen molar-refractivity contribution in [2.75, 3.05) is 33.4 Å². The van der Waals surface area contributed by atoms with Gasteiger partial charge in [-0.2, -0.15) is 0 Å². The molecule has 0 N–H and O–H groups in total. The molecule has 3 rings (SSSR count). The monoisotopic (exact) mass is 428 g/mol. The van der Waals surface area contributed by atoms with E-state index in [0.29, 0.717) is 43.7 Å². The third-order valence-corrected chi connectivity index (χ3v) is 5.63. The normalized spacial score (nSPS) is 14.6. The van der Waals surface area contributed by atoms with Gasteiger partial charge < -0.3 is 14.0 Å². The molecule has 166 valence electrons. The highest BCUT2D eigenvalue weighted by Crippen LogP contribution is 2.24. The predicted molar refractivity (Wildman–Crippen MR) is 117 cm³/mol. The molecular weight excluding hydrogens is 399 g/mol. The summed E-state index contributed by atoms with van der Waals surface area (Å²) in [6.45, 7) is 6.96. The minimum Gasteiger partial charge on any atom is -0.492 e. The van der Waals surface area contributed by atoms with Crippen LogP contribution in [0.4, 0.5) is 4.39 Å². The summed E-state index contributed by atoms with van der Waals surface area (Å²) in [6, 6.07) is 7.81. The number of ether oxygens (including phenoxy) is 2. The van der Waals surface area contributed by atoms with Gasteiger partial charge in [0.1, 0.15) is 17.1 Å². The van der Waals surface area contributed by atoms with Crippen LogP contribution in [-0.2, 0) is 24.1 Å². The minimum atomic E-state index is -0.539. The lowest BCUT2D eigenvalue weighted by Gasteiger charge is -2.19. The van der Waals surface area contributed by atoms with Crippen LogP contribution in [-0.4, -0.2) is 48.8 Å². The summed E-state index contributed by atoms with van der Waals surface area (Å²) < 4.78 is 26.3. The number of carbonyl (C=O) groups is 1. The van der Waals surface area contributed by atoms with Gasteiger partial charge in [-0.3, -0.25) is 9.69 Å². The average Bonchev–Trinajstić information content (AvgIpc) is 2.97. The van der Waals surface area contributed by atoms with Crippen molar-refractivity contribution in [3.05, 3.63) is 75.0 Å². The summed E-state index contributed by atoms with van der Waals surface area (Å²) in [5, 5.41) is 0. The molecule has 0 unspecified atom stereocenters. The number of rotatable bonds is 7. The molecule has 0 spiro atoms. The fraction of sp³-hybridized carbons (Fsp3) is 0.417. The molecule has 0 radical (unpaired) electrons. The number of benzene rings is 1. The summed E-state index contributed by atoms with van der Waals surface area (Å²) in [6.07, 6.45) is 2.93. The fourth-order valence-electron chi connectivity index (χ4n) is 3.80. The van der Waals surface area contributed by atoms with Crippen LogP contribution in [0.5, 0.6) is 5.75 Å². The van der Waals surface area contributed by atoms with Gasteiger partial charge in [0.2, 0.25) is 0 Å². The van der Waals surface area contributed by atoms with Gasteiger partial charge in [-0.1, -0.05) is 29.8 Å². The maximum Gasteiger partial charge on any atom is 0.343 e. The first-order valence-electron chi connectivity index (χ1n) is 10.5. The van der Waals surface area contributed by atoms with Crippen molar-refractivity contribution >= 4 is 5.97 Å². The highest BCUT2D eigenvalue weighted by atomic mass is 19.1. The maximum atomic E-state index is 13.9. The van der Waals surface area contributed by atoms with Gasteiger partial charge in [-0.05, 0) is 25.5 Å². The average molecular weight is 429 g/mol.